The first-order valence-corrected chi connectivity index (χ1v) is 10.8. The number of aromatic nitrogens is 1. The molecule has 2 aromatic carbocycles. The molecule has 2 heterocycles. The summed E-state index contributed by atoms with van der Waals surface area (Å²) in [5.74, 6) is 0.520. The summed E-state index contributed by atoms with van der Waals surface area (Å²) >= 11 is 7.26. The number of hydrogen-bond donors (Lipinski definition) is 1. The Hall–Kier alpha value is -2.90. The van der Waals surface area contributed by atoms with Crippen LogP contribution in [-0.2, 0) is 17.8 Å². The van der Waals surface area contributed by atoms with Gasteiger partial charge in [0.2, 0.25) is 5.91 Å². The minimum absolute atomic E-state index is 0.0135. The predicted molar refractivity (Wildman–Crippen MR) is 117 cm³/mol. The summed E-state index contributed by atoms with van der Waals surface area (Å²) in [5.41, 5.74) is 1.63. The van der Waals surface area contributed by atoms with Crippen molar-refractivity contribution in [2.45, 2.75) is 19.4 Å². The van der Waals surface area contributed by atoms with Crippen molar-refractivity contribution in [3.8, 4) is 5.75 Å². The number of amides is 2. The van der Waals surface area contributed by atoms with Gasteiger partial charge in [-0.2, -0.15) is 0 Å². The standard InChI is InChI=1S/C22H20ClN3O3S/c23-16-6-8-17(9-7-16)29-13-11-20(27)25-22-24-18-10-12-26(14-19(18)30-22)21(28)15-4-2-1-3-5-15/h1-9H,10-14H2,(H,24,25,27). The lowest BCUT2D eigenvalue weighted by Crippen LogP contribution is -2.35. The minimum atomic E-state index is -0.160. The fraction of sp³-hybridized carbons (Fsp3) is 0.227. The van der Waals surface area contributed by atoms with Gasteiger partial charge in [-0.3, -0.25) is 9.59 Å². The molecule has 0 spiro atoms. The summed E-state index contributed by atoms with van der Waals surface area (Å²) in [5, 5.41) is 4.03. The van der Waals surface area contributed by atoms with E-state index < -0.39 is 0 Å². The van der Waals surface area contributed by atoms with Gasteiger partial charge in [-0.05, 0) is 36.4 Å². The van der Waals surface area contributed by atoms with E-state index in [1.165, 1.54) is 11.3 Å². The Kier molecular flexibility index (Phi) is 6.30. The van der Waals surface area contributed by atoms with E-state index in [0.717, 1.165) is 10.6 Å². The summed E-state index contributed by atoms with van der Waals surface area (Å²) in [4.78, 5) is 32.2. The number of fused-ring (bicyclic) bond motifs is 1. The summed E-state index contributed by atoms with van der Waals surface area (Å²) in [6.07, 6.45) is 0.894. The predicted octanol–water partition coefficient (Wildman–Crippen LogP) is 4.40. The van der Waals surface area contributed by atoms with E-state index in [4.69, 9.17) is 16.3 Å². The highest BCUT2D eigenvalue weighted by molar-refractivity contribution is 7.15. The number of anilines is 1. The molecule has 0 unspecified atom stereocenters. The number of nitrogens with zero attached hydrogens (tertiary/aromatic N) is 2. The van der Waals surface area contributed by atoms with E-state index in [9.17, 15) is 9.59 Å². The molecule has 0 aliphatic carbocycles. The first kappa shape index (κ1) is 20.4. The lowest BCUT2D eigenvalue weighted by atomic mass is 10.1. The number of carbonyl (C=O) groups excluding carboxylic acids is 2. The molecule has 0 saturated heterocycles. The third kappa shape index (κ3) is 4.98. The van der Waals surface area contributed by atoms with Gasteiger partial charge < -0.3 is 15.0 Å². The molecule has 3 aromatic rings. The average molecular weight is 442 g/mol. The lowest BCUT2D eigenvalue weighted by molar-refractivity contribution is -0.116. The second-order valence-corrected chi connectivity index (χ2v) is 8.35. The highest BCUT2D eigenvalue weighted by atomic mass is 35.5. The number of nitrogens with one attached hydrogen (secondary N) is 1. The zero-order valence-corrected chi connectivity index (χ0v) is 17.7. The normalized spacial score (nSPS) is 12.9. The van der Waals surface area contributed by atoms with Crippen LogP contribution in [0.1, 0.15) is 27.3 Å². The van der Waals surface area contributed by atoms with Crippen LogP contribution in [0.5, 0.6) is 5.75 Å². The van der Waals surface area contributed by atoms with E-state index >= 15 is 0 Å². The third-order valence-electron chi connectivity index (χ3n) is 4.70. The SMILES string of the molecule is O=C(CCOc1ccc(Cl)cc1)Nc1nc2c(s1)CN(C(=O)c1ccccc1)CC2. The van der Waals surface area contributed by atoms with Crippen molar-refractivity contribution in [1.82, 2.24) is 9.88 Å². The summed E-state index contributed by atoms with van der Waals surface area (Å²) < 4.78 is 5.55. The number of ether oxygens (including phenoxy) is 1. The van der Waals surface area contributed by atoms with E-state index in [1.807, 2.05) is 35.2 Å². The van der Waals surface area contributed by atoms with Gasteiger partial charge in [0.25, 0.3) is 5.91 Å². The first-order chi connectivity index (χ1) is 14.6. The van der Waals surface area contributed by atoms with E-state index in [2.05, 4.69) is 10.3 Å². The Balaban J connectivity index is 1.30. The maximum atomic E-state index is 12.7. The molecule has 0 atom stereocenters. The molecule has 6 nitrogen and oxygen atoms in total. The molecule has 1 aliphatic heterocycles. The monoisotopic (exact) mass is 441 g/mol. The molecule has 0 saturated carbocycles. The van der Waals surface area contributed by atoms with Crippen molar-refractivity contribution in [3.63, 3.8) is 0 Å². The van der Waals surface area contributed by atoms with Crippen LogP contribution in [0.15, 0.2) is 54.6 Å². The van der Waals surface area contributed by atoms with Crippen LogP contribution in [0.25, 0.3) is 0 Å². The van der Waals surface area contributed by atoms with Crippen molar-refractivity contribution >= 4 is 39.9 Å². The van der Waals surface area contributed by atoms with Crippen molar-refractivity contribution in [3.05, 3.63) is 75.8 Å². The van der Waals surface area contributed by atoms with Gasteiger partial charge in [-0.15, -0.1) is 0 Å². The average Bonchev–Trinajstić information content (AvgIpc) is 3.16. The van der Waals surface area contributed by atoms with Crippen LogP contribution >= 0.6 is 22.9 Å². The number of hydrogen-bond acceptors (Lipinski definition) is 5. The molecular weight excluding hydrogens is 422 g/mol. The Morgan fingerprint density at radius 3 is 2.67 bits per heavy atom. The molecule has 0 radical (unpaired) electrons. The van der Waals surface area contributed by atoms with Gasteiger partial charge in [-0.25, -0.2) is 4.98 Å². The minimum Gasteiger partial charge on any atom is -0.493 e. The van der Waals surface area contributed by atoms with Crippen molar-refractivity contribution in [1.29, 1.82) is 0 Å². The van der Waals surface area contributed by atoms with Crippen molar-refractivity contribution < 1.29 is 14.3 Å². The maximum Gasteiger partial charge on any atom is 0.254 e. The smallest absolute Gasteiger partial charge is 0.254 e. The highest BCUT2D eigenvalue weighted by Gasteiger charge is 2.25. The Bertz CT molecular complexity index is 1040. The van der Waals surface area contributed by atoms with Gasteiger partial charge in [0.05, 0.1) is 25.3 Å². The largest absolute Gasteiger partial charge is 0.493 e. The van der Waals surface area contributed by atoms with Crippen LogP contribution in [-0.4, -0.2) is 34.8 Å². The second-order valence-electron chi connectivity index (χ2n) is 6.83. The van der Waals surface area contributed by atoms with Gasteiger partial charge in [0, 0.05) is 28.4 Å². The van der Waals surface area contributed by atoms with Gasteiger partial charge in [-0.1, -0.05) is 41.1 Å². The highest BCUT2D eigenvalue weighted by Crippen LogP contribution is 2.29. The number of halogens is 1. The van der Waals surface area contributed by atoms with Crippen LogP contribution in [0.4, 0.5) is 5.13 Å². The number of thiazole rings is 1. The quantitative estimate of drug-likeness (QED) is 0.615. The van der Waals surface area contributed by atoms with Gasteiger partial charge >= 0.3 is 0 Å². The molecule has 154 valence electrons. The van der Waals surface area contributed by atoms with Crippen LogP contribution in [0, 0.1) is 0 Å². The van der Waals surface area contributed by atoms with Crippen LogP contribution in [0.2, 0.25) is 5.02 Å². The molecule has 1 aromatic heterocycles. The van der Waals surface area contributed by atoms with E-state index in [-0.39, 0.29) is 24.8 Å². The van der Waals surface area contributed by atoms with Gasteiger partial charge in [0.15, 0.2) is 5.13 Å². The maximum absolute atomic E-state index is 12.7. The zero-order valence-electron chi connectivity index (χ0n) is 16.1. The molecule has 4 rings (SSSR count). The Morgan fingerprint density at radius 2 is 1.90 bits per heavy atom. The fourth-order valence-corrected chi connectivity index (χ4v) is 4.33. The molecule has 8 heteroatoms. The van der Waals surface area contributed by atoms with E-state index in [0.29, 0.717) is 41.0 Å². The van der Waals surface area contributed by atoms with Crippen molar-refractivity contribution in [2.24, 2.45) is 0 Å². The Labute approximate surface area is 183 Å². The number of rotatable bonds is 6. The van der Waals surface area contributed by atoms with E-state index in [1.54, 1.807) is 24.3 Å². The molecule has 2 amide bonds. The lowest BCUT2D eigenvalue weighted by Gasteiger charge is -2.26. The molecule has 1 N–H and O–H groups in total. The molecule has 1 aliphatic rings. The third-order valence-corrected chi connectivity index (χ3v) is 5.95. The fourth-order valence-electron chi connectivity index (χ4n) is 3.16. The summed E-state index contributed by atoms with van der Waals surface area (Å²) in [7, 11) is 0. The summed E-state index contributed by atoms with van der Waals surface area (Å²) in [6.45, 7) is 1.39. The first-order valence-electron chi connectivity index (χ1n) is 9.59. The number of carbonyl (C=O) groups is 2. The second kappa shape index (κ2) is 9.28. The topological polar surface area (TPSA) is 71.5 Å². The zero-order chi connectivity index (χ0) is 20.9. The summed E-state index contributed by atoms with van der Waals surface area (Å²) in [6, 6.07) is 16.3. The Morgan fingerprint density at radius 1 is 1.13 bits per heavy atom. The molecule has 30 heavy (non-hydrogen) atoms. The van der Waals surface area contributed by atoms with Crippen LogP contribution in [0.3, 0.4) is 0 Å². The van der Waals surface area contributed by atoms with Crippen molar-refractivity contribution in [2.75, 3.05) is 18.5 Å². The molecule has 0 fully saturated rings. The molecule has 0 bridgehead atoms. The number of benzene rings is 2. The van der Waals surface area contributed by atoms with Crippen LogP contribution < -0.4 is 10.1 Å². The van der Waals surface area contributed by atoms with Gasteiger partial charge in [0.1, 0.15) is 5.75 Å². The molecular formula is C22H20ClN3O3S.